The summed E-state index contributed by atoms with van der Waals surface area (Å²) in [6.45, 7) is 1.32. The highest BCUT2D eigenvalue weighted by Gasteiger charge is 2.24. The van der Waals surface area contributed by atoms with Crippen molar-refractivity contribution in [3.63, 3.8) is 0 Å². The van der Waals surface area contributed by atoms with Crippen LogP contribution in [0.3, 0.4) is 0 Å². The zero-order valence-corrected chi connectivity index (χ0v) is 14.4. The molecule has 8 heteroatoms. The van der Waals surface area contributed by atoms with Gasteiger partial charge in [0.1, 0.15) is 11.3 Å². The van der Waals surface area contributed by atoms with Crippen LogP contribution in [0.4, 0.5) is 0 Å². The van der Waals surface area contributed by atoms with Crippen molar-refractivity contribution >= 4 is 11.2 Å². The van der Waals surface area contributed by atoms with Crippen LogP contribution in [0, 0.1) is 5.92 Å². The standard InChI is InChI=1S/C16H25N5O3/c1-19(8-10-6-4-5-7-11(10)22)9-12-17-13-14(18-12)20(2)16(24)21(3)15(13)23/h10-11,22H,4-9H2,1-3H3,(H,17,18). The molecular formula is C16H25N5O3. The van der Waals surface area contributed by atoms with Crippen LogP contribution in [-0.2, 0) is 20.6 Å². The highest BCUT2D eigenvalue weighted by Crippen LogP contribution is 2.25. The fourth-order valence-electron chi connectivity index (χ4n) is 3.57. The number of aliphatic hydroxyl groups is 1. The van der Waals surface area contributed by atoms with Gasteiger partial charge in [-0.15, -0.1) is 0 Å². The molecule has 0 amide bonds. The van der Waals surface area contributed by atoms with E-state index in [0.717, 1.165) is 30.4 Å². The number of fused-ring (bicyclic) bond motifs is 1. The average Bonchev–Trinajstić information content (AvgIpc) is 2.97. The fourth-order valence-corrected chi connectivity index (χ4v) is 3.57. The first-order chi connectivity index (χ1) is 11.4. The Bertz CT molecular complexity index is 850. The summed E-state index contributed by atoms with van der Waals surface area (Å²) < 4.78 is 2.45. The number of imidazole rings is 1. The monoisotopic (exact) mass is 335 g/mol. The number of aliphatic hydroxyl groups excluding tert-OH is 1. The fraction of sp³-hybridized carbons (Fsp3) is 0.688. The molecule has 0 bridgehead atoms. The van der Waals surface area contributed by atoms with Gasteiger partial charge < -0.3 is 10.1 Å². The van der Waals surface area contributed by atoms with E-state index in [0.29, 0.717) is 23.5 Å². The van der Waals surface area contributed by atoms with Crippen LogP contribution in [0.5, 0.6) is 0 Å². The molecule has 132 valence electrons. The summed E-state index contributed by atoms with van der Waals surface area (Å²) >= 11 is 0. The molecule has 2 unspecified atom stereocenters. The summed E-state index contributed by atoms with van der Waals surface area (Å²) in [5.74, 6) is 0.932. The minimum absolute atomic E-state index is 0.231. The van der Waals surface area contributed by atoms with Crippen molar-refractivity contribution in [2.24, 2.45) is 20.0 Å². The van der Waals surface area contributed by atoms with Gasteiger partial charge in [0.05, 0.1) is 12.6 Å². The lowest BCUT2D eigenvalue weighted by atomic mass is 9.86. The molecule has 0 saturated heterocycles. The number of hydrogen-bond acceptors (Lipinski definition) is 5. The predicted molar refractivity (Wildman–Crippen MR) is 90.9 cm³/mol. The molecule has 0 radical (unpaired) electrons. The Morgan fingerprint density at radius 1 is 1.25 bits per heavy atom. The Hall–Kier alpha value is -1.93. The van der Waals surface area contributed by atoms with E-state index in [-0.39, 0.29) is 23.3 Å². The zero-order chi connectivity index (χ0) is 17.4. The molecule has 1 aliphatic carbocycles. The first-order valence-corrected chi connectivity index (χ1v) is 8.39. The molecule has 2 heterocycles. The summed E-state index contributed by atoms with van der Waals surface area (Å²) in [5.41, 5.74) is -0.0219. The molecular weight excluding hydrogens is 310 g/mol. The van der Waals surface area contributed by atoms with Crippen molar-refractivity contribution in [1.82, 2.24) is 24.0 Å². The van der Waals surface area contributed by atoms with Gasteiger partial charge in [0.2, 0.25) is 0 Å². The van der Waals surface area contributed by atoms with Crippen molar-refractivity contribution in [2.75, 3.05) is 13.6 Å². The van der Waals surface area contributed by atoms with E-state index in [2.05, 4.69) is 14.9 Å². The highest BCUT2D eigenvalue weighted by atomic mass is 16.3. The number of nitrogens with one attached hydrogen (secondary N) is 1. The SMILES string of the molecule is CN(Cc1nc2c([nH]1)c(=O)n(C)c(=O)n2C)CC1CCCCC1O. The Labute approximate surface area is 139 Å². The van der Waals surface area contributed by atoms with Crippen LogP contribution in [0.1, 0.15) is 31.5 Å². The number of aromatic nitrogens is 4. The normalized spacial score (nSPS) is 21.7. The Balaban J connectivity index is 1.80. The van der Waals surface area contributed by atoms with Gasteiger partial charge in [-0.3, -0.25) is 18.8 Å². The minimum Gasteiger partial charge on any atom is -0.393 e. The van der Waals surface area contributed by atoms with Crippen LogP contribution >= 0.6 is 0 Å². The highest BCUT2D eigenvalue weighted by molar-refractivity contribution is 5.69. The van der Waals surface area contributed by atoms with Gasteiger partial charge in [0, 0.05) is 20.6 Å². The summed E-state index contributed by atoms with van der Waals surface area (Å²) in [4.78, 5) is 33.7. The molecule has 0 spiro atoms. The number of aryl methyl sites for hydroxylation is 1. The van der Waals surface area contributed by atoms with Crippen LogP contribution in [-0.4, -0.2) is 48.8 Å². The molecule has 1 fully saturated rings. The lowest BCUT2D eigenvalue weighted by Crippen LogP contribution is -2.36. The number of aromatic amines is 1. The van der Waals surface area contributed by atoms with E-state index < -0.39 is 0 Å². The third-order valence-corrected chi connectivity index (χ3v) is 4.98. The maximum absolute atomic E-state index is 12.2. The number of rotatable bonds is 4. The molecule has 3 rings (SSSR count). The maximum Gasteiger partial charge on any atom is 0.332 e. The molecule has 2 atom stereocenters. The molecule has 1 saturated carbocycles. The molecule has 2 aromatic rings. The van der Waals surface area contributed by atoms with Gasteiger partial charge in [0.25, 0.3) is 5.56 Å². The van der Waals surface area contributed by atoms with Crippen molar-refractivity contribution in [3.8, 4) is 0 Å². The topological polar surface area (TPSA) is 96.2 Å². The Morgan fingerprint density at radius 2 is 1.96 bits per heavy atom. The second-order valence-electron chi connectivity index (χ2n) is 6.90. The molecule has 0 aromatic carbocycles. The molecule has 24 heavy (non-hydrogen) atoms. The van der Waals surface area contributed by atoms with E-state index in [1.54, 1.807) is 7.05 Å². The van der Waals surface area contributed by atoms with Crippen molar-refractivity contribution in [3.05, 3.63) is 26.7 Å². The van der Waals surface area contributed by atoms with E-state index in [1.165, 1.54) is 18.0 Å². The van der Waals surface area contributed by atoms with E-state index >= 15 is 0 Å². The Kier molecular flexibility index (Phi) is 4.60. The Morgan fingerprint density at radius 3 is 2.67 bits per heavy atom. The third-order valence-electron chi connectivity index (χ3n) is 4.98. The first kappa shape index (κ1) is 16.9. The molecule has 2 aromatic heterocycles. The maximum atomic E-state index is 12.2. The van der Waals surface area contributed by atoms with Crippen LogP contribution in [0.2, 0.25) is 0 Å². The molecule has 0 aliphatic heterocycles. The van der Waals surface area contributed by atoms with Crippen LogP contribution in [0.25, 0.3) is 11.2 Å². The summed E-state index contributed by atoms with van der Waals surface area (Å²) in [6.07, 6.45) is 3.95. The van der Waals surface area contributed by atoms with Crippen LogP contribution < -0.4 is 11.2 Å². The molecule has 1 aliphatic rings. The van der Waals surface area contributed by atoms with Crippen molar-refractivity contribution in [2.45, 2.75) is 38.3 Å². The van der Waals surface area contributed by atoms with Gasteiger partial charge in [-0.1, -0.05) is 12.8 Å². The van der Waals surface area contributed by atoms with E-state index in [4.69, 9.17) is 0 Å². The largest absolute Gasteiger partial charge is 0.393 e. The van der Waals surface area contributed by atoms with Gasteiger partial charge in [0.15, 0.2) is 5.65 Å². The van der Waals surface area contributed by atoms with Crippen LogP contribution in [0.15, 0.2) is 9.59 Å². The van der Waals surface area contributed by atoms with E-state index in [9.17, 15) is 14.7 Å². The van der Waals surface area contributed by atoms with Crippen molar-refractivity contribution < 1.29 is 5.11 Å². The molecule has 8 nitrogen and oxygen atoms in total. The van der Waals surface area contributed by atoms with Gasteiger partial charge in [-0.05, 0) is 25.8 Å². The lowest BCUT2D eigenvalue weighted by molar-refractivity contribution is 0.0498. The van der Waals surface area contributed by atoms with E-state index in [1.807, 2.05) is 7.05 Å². The van der Waals surface area contributed by atoms with Gasteiger partial charge in [-0.2, -0.15) is 0 Å². The summed E-state index contributed by atoms with van der Waals surface area (Å²) in [7, 11) is 5.05. The quantitative estimate of drug-likeness (QED) is 0.816. The third kappa shape index (κ3) is 3.03. The number of H-pyrrole nitrogens is 1. The van der Waals surface area contributed by atoms with Gasteiger partial charge >= 0.3 is 5.69 Å². The number of nitrogens with zero attached hydrogens (tertiary/aromatic N) is 4. The first-order valence-electron chi connectivity index (χ1n) is 8.39. The smallest absolute Gasteiger partial charge is 0.332 e. The zero-order valence-electron chi connectivity index (χ0n) is 14.4. The minimum atomic E-state index is -0.385. The van der Waals surface area contributed by atoms with Gasteiger partial charge in [-0.25, -0.2) is 9.78 Å². The lowest BCUT2D eigenvalue weighted by Gasteiger charge is -2.30. The van der Waals surface area contributed by atoms with Crippen molar-refractivity contribution in [1.29, 1.82) is 0 Å². The second-order valence-corrected chi connectivity index (χ2v) is 6.90. The molecule has 2 N–H and O–H groups in total. The second kappa shape index (κ2) is 6.52. The predicted octanol–water partition coefficient (Wildman–Crippen LogP) is -0.0568. The summed E-state index contributed by atoms with van der Waals surface area (Å²) in [5, 5.41) is 10.1. The number of hydrogen-bond donors (Lipinski definition) is 2. The average molecular weight is 335 g/mol. The summed E-state index contributed by atoms with van der Waals surface area (Å²) in [6, 6.07) is 0.